The number of carbonyl (C=O) groups excluding carboxylic acids is 1. The molecule has 0 atom stereocenters. The van der Waals surface area contributed by atoms with Crippen LogP contribution in [-0.2, 0) is 11.3 Å². The maximum atomic E-state index is 12.3. The highest BCUT2D eigenvalue weighted by Gasteiger charge is 2.13. The number of nitrogens with zero attached hydrogens (tertiary/aromatic N) is 4. The summed E-state index contributed by atoms with van der Waals surface area (Å²) in [6.07, 6.45) is 0. The van der Waals surface area contributed by atoms with Crippen molar-refractivity contribution in [3.8, 4) is 11.4 Å². The molecule has 24 heavy (non-hydrogen) atoms. The summed E-state index contributed by atoms with van der Waals surface area (Å²) in [5.74, 6) is 0.263. The van der Waals surface area contributed by atoms with Crippen molar-refractivity contribution in [2.24, 2.45) is 0 Å². The van der Waals surface area contributed by atoms with Crippen LogP contribution in [0.3, 0.4) is 0 Å². The van der Waals surface area contributed by atoms with Crippen molar-refractivity contribution in [1.29, 1.82) is 0 Å². The standard InChI is InChI=1S/C16H13BrClN5O/c1-10-2-7-14(13(18)8-10)19-15(24)9-23-16(20-21-22-23)11-3-5-12(17)6-4-11/h2-8H,9H2,1H3,(H,19,24). The Morgan fingerprint density at radius 2 is 2.00 bits per heavy atom. The fourth-order valence-electron chi connectivity index (χ4n) is 2.16. The molecule has 122 valence electrons. The fraction of sp³-hybridized carbons (Fsp3) is 0.125. The number of rotatable bonds is 4. The van der Waals surface area contributed by atoms with Gasteiger partial charge in [-0.2, -0.15) is 0 Å². The van der Waals surface area contributed by atoms with Gasteiger partial charge in [0.1, 0.15) is 6.54 Å². The number of aryl methyl sites for hydroxylation is 1. The van der Waals surface area contributed by atoms with E-state index in [1.807, 2.05) is 37.3 Å². The quantitative estimate of drug-likeness (QED) is 0.717. The van der Waals surface area contributed by atoms with Gasteiger partial charge in [0.2, 0.25) is 5.91 Å². The van der Waals surface area contributed by atoms with Gasteiger partial charge < -0.3 is 5.32 Å². The molecule has 0 saturated carbocycles. The van der Waals surface area contributed by atoms with Crippen LogP contribution in [0.1, 0.15) is 5.56 Å². The first kappa shape index (κ1) is 16.6. The van der Waals surface area contributed by atoms with Gasteiger partial charge in [-0.1, -0.05) is 45.7 Å². The largest absolute Gasteiger partial charge is 0.323 e. The Labute approximate surface area is 152 Å². The smallest absolute Gasteiger partial charge is 0.246 e. The summed E-state index contributed by atoms with van der Waals surface area (Å²) >= 11 is 9.51. The van der Waals surface area contributed by atoms with Crippen molar-refractivity contribution in [2.45, 2.75) is 13.5 Å². The normalized spacial score (nSPS) is 10.6. The number of hydrogen-bond donors (Lipinski definition) is 1. The van der Waals surface area contributed by atoms with E-state index in [1.165, 1.54) is 4.68 Å². The average Bonchev–Trinajstić information content (AvgIpc) is 2.99. The third-order valence-electron chi connectivity index (χ3n) is 3.33. The maximum Gasteiger partial charge on any atom is 0.246 e. The zero-order valence-corrected chi connectivity index (χ0v) is 15.0. The molecular weight excluding hydrogens is 394 g/mol. The van der Waals surface area contributed by atoms with Crippen molar-refractivity contribution in [3.63, 3.8) is 0 Å². The van der Waals surface area contributed by atoms with Gasteiger partial charge in [-0.25, -0.2) is 4.68 Å². The lowest BCUT2D eigenvalue weighted by Crippen LogP contribution is -2.20. The first-order valence-corrected chi connectivity index (χ1v) is 8.28. The Morgan fingerprint density at radius 1 is 1.25 bits per heavy atom. The lowest BCUT2D eigenvalue weighted by atomic mass is 10.2. The molecule has 3 aromatic rings. The monoisotopic (exact) mass is 405 g/mol. The van der Waals surface area contributed by atoms with Crippen LogP contribution < -0.4 is 5.32 Å². The Morgan fingerprint density at radius 3 is 2.71 bits per heavy atom. The molecular formula is C16H13BrClN5O. The van der Waals surface area contributed by atoms with E-state index in [-0.39, 0.29) is 12.5 Å². The van der Waals surface area contributed by atoms with Crippen molar-refractivity contribution in [2.75, 3.05) is 5.32 Å². The summed E-state index contributed by atoms with van der Waals surface area (Å²) in [6, 6.07) is 13.0. The number of carbonyl (C=O) groups is 1. The number of benzene rings is 2. The number of amides is 1. The van der Waals surface area contributed by atoms with Crippen molar-refractivity contribution in [1.82, 2.24) is 20.2 Å². The van der Waals surface area contributed by atoms with Gasteiger partial charge in [0.05, 0.1) is 10.7 Å². The van der Waals surface area contributed by atoms with Crippen molar-refractivity contribution >= 4 is 39.1 Å². The minimum absolute atomic E-state index is 0.0113. The van der Waals surface area contributed by atoms with E-state index in [0.29, 0.717) is 16.5 Å². The van der Waals surface area contributed by atoms with E-state index in [1.54, 1.807) is 12.1 Å². The molecule has 1 amide bonds. The molecule has 0 fully saturated rings. The molecule has 0 aliphatic rings. The molecule has 0 bridgehead atoms. The van der Waals surface area contributed by atoms with E-state index >= 15 is 0 Å². The second-order valence-electron chi connectivity index (χ2n) is 5.20. The van der Waals surface area contributed by atoms with Crippen LogP contribution in [0.2, 0.25) is 5.02 Å². The minimum atomic E-state index is -0.258. The Hall–Kier alpha value is -2.25. The van der Waals surface area contributed by atoms with E-state index in [9.17, 15) is 4.79 Å². The van der Waals surface area contributed by atoms with Gasteiger partial charge in [-0.05, 0) is 47.2 Å². The van der Waals surface area contributed by atoms with E-state index in [4.69, 9.17) is 11.6 Å². The molecule has 1 aromatic heterocycles. The highest BCUT2D eigenvalue weighted by Crippen LogP contribution is 2.23. The Bertz CT molecular complexity index is 878. The molecule has 3 rings (SSSR count). The molecule has 1 heterocycles. The van der Waals surface area contributed by atoms with E-state index in [0.717, 1.165) is 15.6 Å². The molecule has 0 spiro atoms. The molecule has 8 heteroatoms. The summed E-state index contributed by atoms with van der Waals surface area (Å²) in [4.78, 5) is 12.3. The van der Waals surface area contributed by atoms with Gasteiger partial charge in [0.15, 0.2) is 5.82 Å². The molecule has 2 aromatic carbocycles. The summed E-state index contributed by atoms with van der Waals surface area (Å²) in [7, 11) is 0. The van der Waals surface area contributed by atoms with Crippen LogP contribution in [0.15, 0.2) is 46.9 Å². The van der Waals surface area contributed by atoms with Crippen LogP contribution in [0, 0.1) is 6.92 Å². The predicted octanol–water partition coefficient (Wildman–Crippen LogP) is 3.70. The molecule has 0 aliphatic heterocycles. The number of anilines is 1. The molecule has 0 saturated heterocycles. The molecule has 1 N–H and O–H groups in total. The summed E-state index contributed by atoms with van der Waals surface area (Å²) in [5, 5.41) is 14.8. The zero-order chi connectivity index (χ0) is 17.1. The molecule has 0 radical (unpaired) electrons. The van der Waals surface area contributed by atoms with Crippen LogP contribution in [-0.4, -0.2) is 26.1 Å². The second kappa shape index (κ2) is 7.11. The fourth-order valence-corrected chi connectivity index (χ4v) is 2.71. The SMILES string of the molecule is Cc1ccc(NC(=O)Cn2nnnc2-c2ccc(Br)cc2)c(Cl)c1. The predicted molar refractivity (Wildman–Crippen MR) is 95.8 cm³/mol. The molecule has 6 nitrogen and oxygen atoms in total. The second-order valence-corrected chi connectivity index (χ2v) is 6.52. The van der Waals surface area contributed by atoms with Crippen LogP contribution in [0.25, 0.3) is 11.4 Å². The lowest BCUT2D eigenvalue weighted by Gasteiger charge is -2.09. The highest BCUT2D eigenvalue weighted by molar-refractivity contribution is 9.10. The number of nitrogens with one attached hydrogen (secondary N) is 1. The number of hydrogen-bond acceptors (Lipinski definition) is 4. The number of halogens is 2. The first-order chi connectivity index (χ1) is 11.5. The third kappa shape index (κ3) is 3.80. The average molecular weight is 407 g/mol. The topological polar surface area (TPSA) is 72.7 Å². The van der Waals surface area contributed by atoms with Crippen LogP contribution in [0.5, 0.6) is 0 Å². The Balaban J connectivity index is 1.76. The minimum Gasteiger partial charge on any atom is -0.323 e. The van der Waals surface area contributed by atoms with Gasteiger partial charge in [-0.15, -0.1) is 5.10 Å². The van der Waals surface area contributed by atoms with Crippen LogP contribution >= 0.6 is 27.5 Å². The van der Waals surface area contributed by atoms with Gasteiger partial charge in [0, 0.05) is 10.0 Å². The summed E-state index contributed by atoms with van der Waals surface area (Å²) in [5.41, 5.74) is 2.41. The van der Waals surface area contributed by atoms with Crippen molar-refractivity contribution in [3.05, 3.63) is 57.5 Å². The van der Waals surface area contributed by atoms with E-state index in [2.05, 4.69) is 36.8 Å². The Kier molecular flexibility index (Phi) is 4.92. The van der Waals surface area contributed by atoms with Gasteiger partial charge in [-0.3, -0.25) is 4.79 Å². The van der Waals surface area contributed by atoms with E-state index < -0.39 is 0 Å². The highest BCUT2D eigenvalue weighted by atomic mass is 79.9. The van der Waals surface area contributed by atoms with Crippen LogP contribution in [0.4, 0.5) is 5.69 Å². The summed E-state index contributed by atoms with van der Waals surface area (Å²) < 4.78 is 2.40. The first-order valence-electron chi connectivity index (χ1n) is 7.11. The number of tetrazole rings is 1. The number of aromatic nitrogens is 4. The molecule has 0 unspecified atom stereocenters. The third-order valence-corrected chi connectivity index (χ3v) is 4.17. The lowest BCUT2D eigenvalue weighted by molar-refractivity contribution is -0.116. The molecule has 0 aliphatic carbocycles. The van der Waals surface area contributed by atoms with Gasteiger partial charge in [0.25, 0.3) is 0 Å². The van der Waals surface area contributed by atoms with Crippen molar-refractivity contribution < 1.29 is 4.79 Å². The zero-order valence-electron chi connectivity index (χ0n) is 12.7. The maximum absolute atomic E-state index is 12.3. The summed E-state index contributed by atoms with van der Waals surface area (Å²) in [6.45, 7) is 1.92. The van der Waals surface area contributed by atoms with Gasteiger partial charge >= 0.3 is 0 Å².